The molecule has 0 aliphatic heterocycles. The van der Waals surface area contributed by atoms with Crippen molar-refractivity contribution in [2.24, 2.45) is 0 Å². The van der Waals surface area contributed by atoms with Crippen molar-refractivity contribution < 1.29 is 14.1 Å². The Balaban J connectivity index is 1.90. The number of hydrogen-bond donors (Lipinski definition) is 1. The molecular formula is C15H18N2O3S. The average Bonchev–Trinajstić information content (AvgIpc) is 2.45. The van der Waals surface area contributed by atoms with Gasteiger partial charge >= 0.3 is 0 Å². The summed E-state index contributed by atoms with van der Waals surface area (Å²) in [6.45, 7) is 3.73. The number of benzene rings is 1. The van der Waals surface area contributed by atoms with Gasteiger partial charge in [0.25, 0.3) is 0 Å². The van der Waals surface area contributed by atoms with E-state index in [-0.39, 0.29) is 17.5 Å². The van der Waals surface area contributed by atoms with E-state index in [0.29, 0.717) is 5.75 Å². The maximum Gasteiger partial charge on any atom is 0.219 e. The van der Waals surface area contributed by atoms with Gasteiger partial charge < -0.3 is 9.84 Å². The molecule has 2 aromatic rings. The zero-order valence-electron chi connectivity index (χ0n) is 12.0. The van der Waals surface area contributed by atoms with Gasteiger partial charge in [0, 0.05) is 11.4 Å². The summed E-state index contributed by atoms with van der Waals surface area (Å²) in [4.78, 5) is 8.28. The predicted molar refractivity (Wildman–Crippen MR) is 80.7 cm³/mol. The lowest BCUT2D eigenvalue weighted by atomic mass is 10.3. The number of aliphatic hydroxyl groups is 1. The standard InChI is InChI=1S/C15H18N2O3S/c1-11-8-12(2)17-15(16-11)21(19)10-13(18)9-20-14-6-4-3-5-7-14/h3-8,13,18H,9-10H2,1-2H3. The second-order valence-corrected chi connectivity index (χ2v) is 6.11. The summed E-state index contributed by atoms with van der Waals surface area (Å²) in [5, 5.41) is 10.2. The Morgan fingerprint density at radius 2 is 1.81 bits per heavy atom. The molecule has 2 atom stereocenters. The van der Waals surface area contributed by atoms with Crippen LogP contribution in [0.1, 0.15) is 11.4 Å². The smallest absolute Gasteiger partial charge is 0.219 e. The minimum atomic E-state index is -1.44. The van der Waals surface area contributed by atoms with E-state index in [1.165, 1.54) is 0 Å². The fourth-order valence-corrected chi connectivity index (χ4v) is 2.89. The molecule has 0 amide bonds. The molecule has 5 nitrogen and oxygen atoms in total. The number of aryl methyl sites for hydroxylation is 2. The van der Waals surface area contributed by atoms with Crippen LogP contribution in [0.2, 0.25) is 0 Å². The average molecular weight is 306 g/mol. The Labute approximate surface area is 126 Å². The minimum absolute atomic E-state index is 0.0513. The number of aliphatic hydroxyl groups excluding tert-OH is 1. The van der Waals surface area contributed by atoms with E-state index in [1.54, 1.807) is 12.1 Å². The molecule has 0 saturated carbocycles. The molecule has 0 saturated heterocycles. The summed E-state index contributed by atoms with van der Waals surface area (Å²) in [7, 11) is -1.44. The highest BCUT2D eigenvalue weighted by Crippen LogP contribution is 2.10. The monoisotopic (exact) mass is 306 g/mol. The third-order valence-corrected chi connectivity index (χ3v) is 3.97. The number of hydrogen-bond acceptors (Lipinski definition) is 5. The van der Waals surface area contributed by atoms with Gasteiger partial charge in [-0.05, 0) is 32.0 Å². The van der Waals surface area contributed by atoms with Crippen molar-refractivity contribution >= 4 is 10.8 Å². The molecule has 0 bridgehead atoms. The Morgan fingerprint density at radius 1 is 1.19 bits per heavy atom. The first-order chi connectivity index (χ1) is 10.0. The molecule has 112 valence electrons. The molecule has 2 rings (SSSR count). The van der Waals surface area contributed by atoms with Gasteiger partial charge in [0.05, 0.1) is 22.7 Å². The van der Waals surface area contributed by atoms with E-state index in [4.69, 9.17) is 4.74 Å². The second kappa shape index (κ2) is 7.28. The first-order valence-corrected chi connectivity index (χ1v) is 7.93. The lowest BCUT2D eigenvalue weighted by Gasteiger charge is -2.12. The highest BCUT2D eigenvalue weighted by Gasteiger charge is 2.15. The fraction of sp³-hybridized carbons (Fsp3) is 0.333. The summed E-state index contributed by atoms with van der Waals surface area (Å²) in [6.07, 6.45) is -0.838. The van der Waals surface area contributed by atoms with Gasteiger partial charge in [-0.15, -0.1) is 0 Å². The van der Waals surface area contributed by atoms with E-state index in [9.17, 15) is 9.32 Å². The molecule has 0 spiro atoms. The van der Waals surface area contributed by atoms with Crippen LogP contribution < -0.4 is 4.74 Å². The maximum absolute atomic E-state index is 12.1. The SMILES string of the molecule is Cc1cc(C)nc(S(=O)CC(O)COc2ccccc2)n1. The van der Waals surface area contributed by atoms with Crippen LogP contribution in [0.4, 0.5) is 0 Å². The molecule has 2 unspecified atom stereocenters. The van der Waals surface area contributed by atoms with Crippen LogP contribution in [0.25, 0.3) is 0 Å². The molecule has 1 aromatic carbocycles. The summed E-state index contributed by atoms with van der Waals surface area (Å²) in [6, 6.07) is 11.0. The summed E-state index contributed by atoms with van der Waals surface area (Å²) >= 11 is 0. The van der Waals surface area contributed by atoms with Gasteiger partial charge in [-0.2, -0.15) is 0 Å². The van der Waals surface area contributed by atoms with Gasteiger partial charge in [-0.1, -0.05) is 18.2 Å². The molecule has 21 heavy (non-hydrogen) atoms. The number of nitrogens with zero attached hydrogens (tertiary/aromatic N) is 2. The van der Waals surface area contributed by atoms with Crippen molar-refractivity contribution in [2.45, 2.75) is 25.1 Å². The van der Waals surface area contributed by atoms with Crippen molar-refractivity contribution in [3.05, 3.63) is 47.8 Å². The number of rotatable bonds is 6. The summed E-state index contributed by atoms with van der Waals surface area (Å²) in [5.74, 6) is 0.723. The normalized spacial score (nSPS) is 13.7. The zero-order chi connectivity index (χ0) is 15.2. The minimum Gasteiger partial charge on any atom is -0.491 e. The quantitative estimate of drug-likeness (QED) is 0.821. The van der Waals surface area contributed by atoms with Crippen LogP contribution >= 0.6 is 0 Å². The first-order valence-electron chi connectivity index (χ1n) is 6.61. The largest absolute Gasteiger partial charge is 0.491 e. The Hall–Kier alpha value is -1.79. The summed E-state index contributed by atoms with van der Waals surface area (Å²) < 4.78 is 17.6. The molecule has 6 heteroatoms. The molecule has 0 aliphatic carbocycles. The van der Waals surface area contributed by atoms with E-state index in [2.05, 4.69) is 9.97 Å². The van der Waals surface area contributed by atoms with Gasteiger partial charge in [0.1, 0.15) is 12.4 Å². The fourth-order valence-electron chi connectivity index (χ4n) is 1.80. The molecule has 0 fully saturated rings. The van der Waals surface area contributed by atoms with Crippen LogP contribution in [0.5, 0.6) is 5.75 Å². The van der Waals surface area contributed by atoms with Gasteiger partial charge in [-0.25, -0.2) is 9.97 Å². The van der Waals surface area contributed by atoms with Crippen LogP contribution in [-0.4, -0.2) is 37.7 Å². The van der Waals surface area contributed by atoms with Crippen molar-refractivity contribution in [1.82, 2.24) is 9.97 Å². The number of ether oxygens (including phenoxy) is 1. The molecule has 1 N–H and O–H groups in total. The number of aromatic nitrogens is 2. The van der Waals surface area contributed by atoms with Crippen LogP contribution in [-0.2, 0) is 10.8 Å². The van der Waals surface area contributed by atoms with Crippen molar-refractivity contribution in [1.29, 1.82) is 0 Å². The summed E-state index contributed by atoms with van der Waals surface area (Å²) in [5.41, 5.74) is 1.53. The highest BCUT2D eigenvalue weighted by molar-refractivity contribution is 7.84. The third-order valence-electron chi connectivity index (χ3n) is 2.69. The maximum atomic E-state index is 12.1. The van der Waals surface area contributed by atoms with E-state index >= 15 is 0 Å². The Bertz CT molecular complexity index is 599. The Kier molecular flexibility index (Phi) is 5.41. The van der Waals surface area contributed by atoms with Gasteiger partial charge in [-0.3, -0.25) is 4.21 Å². The zero-order valence-corrected chi connectivity index (χ0v) is 12.8. The molecule has 1 aromatic heterocycles. The topological polar surface area (TPSA) is 72.3 Å². The van der Waals surface area contributed by atoms with Crippen molar-refractivity contribution in [3.8, 4) is 5.75 Å². The van der Waals surface area contributed by atoms with Crippen LogP contribution in [0.15, 0.2) is 41.6 Å². The van der Waals surface area contributed by atoms with E-state index in [0.717, 1.165) is 11.4 Å². The van der Waals surface area contributed by atoms with Crippen LogP contribution in [0, 0.1) is 13.8 Å². The van der Waals surface area contributed by atoms with Crippen molar-refractivity contribution in [3.63, 3.8) is 0 Å². The van der Waals surface area contributed by atoms with Gasteiger partial charge in [0.2, 0.25) is 5.16 Å². The van der Waals surface area contributed by atoms with Crippen LogP contribution in [0.3, 0.4) is 0 Å². The molecular weight excluding hydrogens is 288 g/mol. The van der Waals surface area contributed by atoms with E-state index in [1.807, 2.05) is 38.1 Å². The number of para-hydroxylation sites is 1. The lowest BCUT2D eigenvalue weighted by Crippen LogP contribution is -2.25. The third kappa shape index (κ3) is 4.91. The molecule has 0 radical (unpaired) electrons. The van der Waals surface area contributed by atoms with E-state index < -0.39 is 16.9 Å². The molecule has 1 heterocycles. The Morgan fingerprint density at radius 3 is 2.43 bits per heavy atom. The predicted octanol–water partition coefficient (Wildman–Crippen LogP) is 1.64. The first kappa shape index (κ1) is 15.6. The lowest BCUT2D eigenvalue weighted by molar-refractivity contribution is 0.125. The van der Waals surface area contributed by atoms with Gasteiger partial charge in [0.15, 0.2) is 0 Å². The highest BCUT2D eigenvalue weighted by atomic mass is 32.2. The van der Waals surface area contributed by atoms with Crippen molar-refractivity contribution in [2.75, 3.05) is 12.4 Å². The molecule has 0 aliphatic rings. The second-order valence-electron chi connectivity index (χ2n) is 4.72.